The normalized spacial score (nSPS) is 17.6. The molecule has 0 spiro atoms. The monoisotopic (exact) mass is 678 g/mol. The van der Waals surface area contributed by atoms with E-state index in [9.17, 15) is 14.4 Å². The summed E-state index contributed by atoms with van der Waals surface area (Å²) >= 11 is 6.54. The zero-order chi connectivity index (χ0) is 35.3. The number of hydrogen-bond acceptors (Lipinski definition) is 8. The van der Waals surface area contributed by atoms with E-state index in [1.54, 1.807) is 71.5 Å². The smallest absolute Gasteiger partial charge is 0.424 e. The number of imide groups is 1. The van der Waals surface area contributed by atoms with Crippen molar-refractivity contribution in [1.29, 1.82) is 0 Å². The molecule has 0 saturated heterocycles. The van der Waals surface area contributed by atoms with Gasteiger partial charge in [-0.25, -0.2) is 19.0 Å². The van der Waals surface area contributed by atoms with Gasteiger partial charge in [0.2, 0.25) is 5.91 Å². The summed E-state index contributed by atoms with van der Waals surface area (Å²) in [6, 6.07) is 3.20. The lowest BCUT2D eigenvalue weighted by atomic mass is 9.98. The lowest BCUT2D eigenvalue weighted by Gasteiger charge is -2.29. The summed E-state index contributed by atoms with van der Waals surface area (Å²) in [5.41, 5.74) is -0.0897. The quantitative estimate of drug-likeness (QED) is 0.216. The van der Waals surface area contributed by atoms with Crippen LogP contribution in [0.3, 0.4) is 0 Å². The van der Waals surface area contributed by atoms with Crippen molar-refractivity contribution in [2.24, 2.45) is 18.9 Å². The Hall–Kier alpha value is -4.58. The topological polar surface area (TPSA) is 129 Å². The number of aryl methyl sites for hydroxylation is 1. The minimum absolute atomic E-state index is 0.0485. The number of fused-ring (bicyclic) bond motifs is 1. The fourth-order valence-corrected chi connectivity index (χ4v) is 6.17. The van der Waals surface area contributed by atoms with E-state index in [1.807, 2.05) is 13.2 Å². The number of pyridine rings is 2. The molecule has 1 saturated carbocycles. The first-order valence-corrected chi connectivity index (χ1v) is 16.1. The molecule has 4 aromatic rings. The largest absolute Gasteiger partial charge is 0.443 e. The van der Waals surface area contributed by atoms with E-state index in [4.69, 9.17) is 21.1 Å². The molecule has 0 bridgehead atoms. The number of ether oxygens (including phenoxy) is 2. The van der Waals surface area contributed by atoms with Gasteiger partial charge in [0.05, 0.1) is 23.1 Å². The van der Waals surface area contributed by atoms with Crippen LogP contribution in [0.15, 0.2) is 43.1 Å². The predicted octanol–water partition coefficient (Wildman–Crippen LogP) is 8.19. The van der Waals surface area contributed by atoms with Crippen molar-refractivity contribution < 1.29 is 28.2 Å². The van der Waals surface area contributed by atoms with Gasteiger partial charge in [0.1, 0.15) is 22.8 Å². The molecule has 1 aliphatic carbocycles. The Balaban J connectivity index is 1.51. The molecule has 3 heterocycles. The van der Waals surface area contributed by atoms with Gasteiger partial charge in [-0.05, 0) is 83.0 Å². The molecule has 13 heteroatoms. The molecule has 3 atom stereocenters. The van der Waals surface area contributed by atoms with Crippen molar-refractivity contribution in [3.8, 4) is 11.1 Å². The van der Waals surface area contributed by atoms with Gasteiger partial charge < -0.3 is 14.8 Å². The Morgan fingerprint density at radius 1 is 1.00 bits per heavy atom. The number of carbonyl (C=O) groups is 3. The average Bonchev–Trinajstić information content (AvgIpc) is 3.56. The fraction of sp³-hybridized carbons (Fsp3) is 0.429. The van der Waals surface area contributed by atoms with Crippen LogP contribution in [-0.2, 0) is 21.3 Å². The highest BCUT2D eigenvalue weighted by Gasteiger charge is 2.54. The van der Waals surface area contributed by atoms with Crippen molar-refractivity contribution in [3.63, 3.8) is 0 Å². The Bertz CT molecular complexity index is 1890. The molecule has 1 N–H and O–H groups in total. The van der Waals surface area contributed by atoms with Gasteiger partial charge in [-0.1, -0.05) is 24.9 Å². The minimum atomic E-state index is -0.978. The van der Waals surface area contributed by atoms with Crippen LogP contribution in [0.4, 0.5) is 25.5 Å². The number of amides is 3. The summed E-state index contributed by atoms with van der Waals surface area (Å²) in [5.74, 6) is -0.575. The molecule has 1 fully saturated rings. The second-order valence-electron chi connectivity index (χ2n) is 14.0. The van der Waals surface area contributed by atoms with E-state index < -0.39 is 29.2 Å². The summed E-state index contributed by atoms with van der Waals surface area (Å²) in [5, 5.41) is 7.84. The molecule has 11 nitrogen and oxygen atoms in total. The third-order valence-corrected chi connectivity index (χ3v) is 8.45. The van der Waals surface area contributed by atoms with E-state index in [-0.39, 0.29) is 51.3 Å². The van der Waals surface area contributed by atoms with E-state index in [2.05, 4.69) is 27.3 Å². The van der Waals surface area contributed by atoms with Gasteiger partial charge >= 0.3 is 12.2 Å². The molecule has 0 radical (unpaired) electrons. The highest BCUT2D eigenvalue weighted by molar-refractivity contribution is 6.36. The number of carbonyl (C=O) groups excluding carboxylic acids is 3. The summed E-state index contributed by atoms with van der Waals surface area (Å²) in [4.78, 5) is 49.4. The van der Waals surface area contributed by atoms with Crippen LogP contribution in [0.2, 0.25) is 5.02 Å². The average molecular weight is 679 g/mol. The third kappa shape index (κ3) is 7.13. The van der Waals surface area contributed by atoms with Crippen LogP contribution in [-0.4, -0.2) is 49.0 Å². The predicted molar refractivity (Wildman–Crippen MR) is 181 cm³/mol. The van der Waals surface area contributed by atoms with E-state index in [1.165, 1.54) is 18.6 Å². The first-order valence-electron chi connectivity index (χ1n) is 15.7. The first kappa shape index (κ1) is 34.7. The fourth-order valence-electron chi connectivity index (χ4n) is 5.91. The summed E-state index contributed by atoms with van der Waals surface area (Å²) in [6.07, 6.45) is 6.75. The maximum Gasteiger partial charge on any atom is 0.424 e. The standard InChI is InChI=1S/C35H40ClFN6O5/c1-10-21-27(20-13-40-42(9)17-20)28(21)31(44)41-26-12-19-11-22(30(37)29(36)24(19)15-39-26)23-14-38-16-25(18(23)2)43(32(45)47-34(3,4)5)33(46)48-35(6,7)8/h11-17,21,27-28H,10H2,1-9H3,(H,39,41,44). The second-order valence-corrected chi connectivity index (χ2v) is 14.4. The van der Waals surface area contributed by atoms with Crippen molar-refractivity contribution in [3.05, 3.63) is 65.1 Å². The maximum atomic E-state index is 15.9. The number of aromatic nitrogens is 4. The summed E-state index contributed by atoms with van der Waals surface area (Å²) in [7, 11) is 1.84. The lowest BCUT2D eigenvalue weighted by Crippen LogP contribution is -2.44. The molecule has 1 aliphatic rings. The van der Waals surface area contributed by atoms with Crippen LogP contribution >= 0.6 is 11.6 Å². The van der Waals surface area contributed by atoms with E-state index in [0.29, 0.717) is 16.3 Å². The molecule has 1 aromatic carbocycles. The number of nitrogens with zero attached hydrogens (tertiary/aromatic N) is 5. The Kier molecular flexibility index (Phi) is 9.26. The highest BCUT2D eigenvalue weighted by atomic mass is 35.5. The van der Waals surface area contributed by atoms with Crippen LogP contribution in [0.1, 0.15) is 71.9 Å². The van der Waals surface area contributed by atoms with Gasteiger partial charge in [0, 0.05) is 54.0 Å². The van der Waals surface area contributed by atoms with Gasteiger partial charge in [-0.15, -0.1) is 0 Å². The number of hydrogen-bond donors (Lipinski definition) is 1. The SMILES string of the molecule is CCC1C(C(=O)Nc2cc3cc(-c4cncc(N(C(=O)OC(C)(C)C)C(=O)OC(C)(C)C)c4C)c(F)c(Cl)c3cn2)C1c1cnn(C)c1. The van der Waals surface area contributed by atoms with Gasteiger partial charge in [0.15, 0.2) is 0 Å². The van der Waals surface area contributed by atoms with Crippen LogP contribution in [0.5, 0.6) is 0 Å². The highest BCUT2D eigenvalue weighted by Crippen LogP contribution is 2.56. The van der Waals surface area contributed by atoms with Crippen LogP contribution in [0, 0.1) is 24.6 Å². The van der Waals surface area contributed by atoms with Gasteiger partial charge in [-0.3, -0.25) is 14.5 Å². The maximum absolute atomic E-state index is 15.9. The van der Waals surface area contributed by atoms with Crippen molar-refractivity contribution in [1.82, 2.24) is 19.7 Å². The summed E-state index contributed by atoms with van der Waals surface area (Å²) in [6.45, 7) is 13.7. The molecule has 5 rings (SSSR count). The molecule has 48 heavy (non-hydrogen) atoms. The molecule has 0 aliphatic heterocycles. The Labute approximate surface area is 283 Å². The molecule has 254 valence electrons. The molecule has 3 unspecified atom stereocenters. The van der Waals surface area contributed by atoms with Gasteiger partial charge in [-0.2, -0.15) is 10.00 Å². The second kappa shape index (κ2) is 12.8. The number of rotatable bonds is 6. The third-order valence-electron chi connectivity index (χ3n) is 8.08. The first-order chi connectivity index (χ1) is 22.4. The Morgan fingerprint density at radius 2 is 1.65 bits per heavy atom. The zero-order valence-corrected chi connectivity index (χ0v) is 29.3. The lowest BCUT2D eigenvalue weighted by molar-refractivity contribution is -0.117. The van der Waals surface area contributed by atoms with Crippen LogP contribution in [0.25, 0.3) is 21.9 Å². The van der Waals surface area contributed by atoms with Crippen molar-refractivity contribution >= 4 is 52.0 Å². The minimum Gasteiger partial charge on any atom is -0.443 e. The Morgan fingerprint density at radius 3 is 2.21 bits per heavy atom. The van der Waals surface area contributed by atoms with Crippen molar-refractivity contribution in [2.75, 3.05) is 10.2 Å². The number of nitrogens with one attached hydrogen (secondary N) is 1. The van der Waals surface area contributed by atoms with E-state index in [0.717, 1.165) is 16.9 Å². The van der Waals surface area contributed by atoms with Gasteiger partial charge in [0.25, 0.3) is 0 Å². The number of anilines is 2. The molecular formula is C35H40ClFN6O5. The molecular weight excluding hydrogens is 639 g/mol. The summed E-state index contributed by atoms with van der Waals surface area (Å²) < 4.78 is 28.7. The van der Waals surface area contributed by atoms with Crippen LogP contribution < -0.4 is 10.2 Å². The van der Waals surface area contributed by atoms with Crippen molar-refractivity contribution in [2.45, 2.75) is 78.9 Å². The van der Waals surface area contributed by atoms with E-state index >= 15 is 4.39 Å². The molecule has 3 aromatic heterocycles. The number of halogens is 2. The zero-order valence-electron chi connectivity index (χ0n) is 28.5. The number of benzene rings is 1. The molecule has 3 amide bonds.